The molecule has 0 aromatic heterocycles. The maximum Gasteiger partial charge on any atom is 0.142 e. The van der Waals surface area contributed by atoms with Crippen LogP contribution in [0.5, 0.6) is 0 Å². The third-order valence-corrected chi connectivity index (χ3v) is 0.691. The lowest BCUT2D eigenvalue weighted by Crippen LogP contribution is -2.09. The molecule has 0 fully saturated rings. The predicted octanol–water partition coefficient (Wildman–Crippen LogP) is 0.699. The number of oxime groups is 1. The van der Waals surface area contributed by atoms with E-state index in [4.69, 9.17) is 10.9 Å². The summed E-state index contributed by atoms with van der Waals surface area (Å²) in [6.45, 7) is 1.88. The highest BCUT2D eigenvalue weighted by Gasteiger charge is 1.82. The van der Waals surface area contributed by atoms with Crippen molar-refractivity contribution in [1.29, 1.82) is 0 Å². The molecule has 3 N–H and O–H groups in total. The molecule has 46 valence electrons. The molecule has 8 heavy (non-hydrogen) atoms. The van der Waals surface area contributed by atoms with Gasteiger partial charge in [-0.2, -0.15) is 0 Å². The first kappa shape index (κ1) is 7.01. The number of nitrogens with two attached hydrogens (primary N) is 1. The number of hydrogen-bond donors (Lipinski definition) is 2. The minimum absolute atomic E-state index is 0.239. The normalized spacial score (nSPS) is 12.9. The van der Waals surface area contributed by atoms with Gasteiger partial charge in [0, 0.05) is 6.42 Å². The van der Waals surface area contributed by atoms with Crippen LogP contribution in [0.25, 0.3) is 0 Å². The van der Waals surface area contributed by atoms with E-state index in [1.165, 1.54) is 0 Å². The van der Waals surface area contributed by atoms with Crippen molar-refractivity contribution in [3.8, 4) is 0 Å². The van der Waals surface area contributed by atoms with E-state index in [0.29, 0.717) is 6.42 Å². The Kier molecular flexibility index (Phi) is 3.66. The van der Waals surface area contributed by atoms with Gasteiger partial charge in [-0.05, 0) is 6.92 Å². The van der Waals surface area contributed by atoms with Gasteiger partial charge in [0.15, 0.2) is 0 Å². The quantitative estimate of drug-likeness (QED) is 0.182. The Labute approximate surface area is 48.5 Å². The van der Waals surface area contributed by atoms with Gasteiger partial charge in [-0.15, -0.1) is 0 Å². The molecule has 0 aromatic carbocycles. The maximum atomic E-state index is 7.99. The second-order valence-electron chi connectivity index (χ2n) is 1.36. The molecule has 0 aliphatic rings. The Bertz CT molecular complexity index is 107. The van der Waals surface area contributed by atoms with Crippen LogP contribution in [0.15, 0.2) is 17.3 Å². The van der Waals surface area contributed by atoms with Crippen molar-refractivity contribution in [1.82, 2.24) is 0 Å². The molecule has 0 aliphatic heterocycles. The minimum Gasteiger partial charge on any atom is -0.409 e. The van der Waals surface area contributed by atoms with Gasteiger partial charge in [0.25, 0.3) is 0 Å². The molecule has 0 rings (SSSR count). The minimum atomic E-state index is 0.239. The summed E-state index contributed by atoms with van der Waals surface area (Å²) in [4.78, 5) is 0. The van der Waals surface area contributed by atoms with Gasteiger partial charge >= 0.3 is 0 Å². The second kappa shape index (κ2) is 4.18. The summed E-state index contributed by atoms with van der Waals surface area (Å²) in [5, 5.41) is 10.8. The SMILES string of the molecule is C/C=C/CC(N)=NO. The van der Waals surface area contributed by atoms with E-state index in [-0.39, 0.29) is 5.84 Å². The standard InChI is InChI=1S/C5H10N2O/c1-2-3-4-5(6)7-8/h2-3,8H,4H2,1H3,(H2,6,7)/b3-2+. The van der Waals surface area contributed by atoms with Crippen LogP contribution in [0.4, 0.5) is 0 Å². The molecule has 0 saturated heterocycles. The van der Waals surface area contributed by atoms with Crippen LogP contribution in [0.2, 0.25) is 0 Å². The van der Waals surface area contributed by atoms with E-state index in [1.807, 2.05) is 19.1 Å². The molecular formula is C5H10N2O. The van der Waals surface area contributed by atoms with Gasteiger partial charge in [-0.25, -0.2) is 0 Å². The molecule has 0 radical (unpaired) electrons. The first-order chi connectivity index (χ1) is 3.81. The van der Waals surface area contributed by atoms with Crippen molar-refractivity contribution in [3.63, 3.8) is 0 Å². The van der Waals surface area contributed by atoms with Gasteiger partial charge in [0.1, 0.15) is 5.84 Å². The largest absolute Gasteiger partial charge is 0.409 e. The molecule has 3 heteroatoms. The lowest BCUT2D eigenvalue weighted by Gasteiger charge is -1.86. The number of amidine groups is 1. The first-order valence-electron chi connectivity index (χ1n) is 2.38. The van der Waals surface area contributed by atoms with Crippen molar-refractivity contribution < 1.29 is 5.21 Å². The van der Waals surface area contributed by atoms with Gasteiger partial charge in [0.2, 0.25) is 0 Å². The third-order valence-electron chi connectivity index (χ3n) is 0.691. The molecule has 0 unspecified atom stereocenters. The summed E-state index contributed by atoms with van der Waals surface area (Å²) in [5.74, 6) is 0.239. The van der Waals surface area contributed by atoms with E-state index in [0.717, 1.165) is 0 Å². The van der Waals surface area contributed by atoms with Crippen LogP contribution in [0.3, 0.4) is 0 Å². The summed E-state index contributed by atoms with van der Waals surface area (Å²) >= 11 is 0. The Morgan fingerprint density at radius 3 is 2.88 bits per heavy atom. The van der Waals surface area contributed by atoms with Crippen molar-refractivity contribution in [2.75, 3.05) is 0 Å². The zero-order valence-corrected chi connectivity index (χ0v) is 4.83. The monoisotopic (exact) mass is 114 g/mol. The highest BCUT2D eigenvalue weighted by molar-refractivity contribution is 5.80. The topological polar surface area (TPSA) is 58.6 Å². The average Bonchev–Trinajstić information content (AvgIpc) is 1.83. The number of rotatable bonds is 2. The highest BCUT2D eigenvalue weighted by Crippen LogP contribution is 1.80. The van der Waals surface area contributed by atoms with E-state index in [1.54, 1.807) is 0 Å². The van der Waals surface area contributed by atoms with E-state index < -0.39 is 0 Å². The molecule has 0 spiro atoms. The molecule has 3 nitrogen and oxygen atoms in total. The van der Waals surface area contributed by atoms with Crippen LogP contribution in [-0.2, 0) is 0 Å². The van der Waals surface area contributed by atoms with E-state index in [2.05, 4.69) is 5.16 Å². The molecule has 0 bridgehead atoms. The zero-order valence-electron chi connectivity index (χ0n) is 4.83. The van der Waals surface area contributed by atoms with E-state index >= 15 is 0 Å². The molecule has 0 heterocycles. The fourth-order valence-corrected chi connectivity index (χ4v) is 0.279. The van der Waals surface area contributed by atoms with Gasteiger partial charge < -0.3 is 10.9 Å². The van der Waals surface area contributed by atoms with Crippen LogP contribution >= 0.6 is 0 Å². The average molecular weight is 114 g/mol. The Morgan fingerprint density at radius 2 is 2.50 bits per heavy atom. The van der Waals surface area contributed by atoms with Gasteiger partial charge in [-0.3, -0.25) is 0 Å². The lowest BCUT2D eigenvalue weighted by atomic mass is 10.4. The number of allylic oxidation sites excluding steroid dienone is 1. The second-order valence-corrected chi connectivity index (χ2v) is 1.36. The lowest BCUT2D eigenvalue weighted by molar-refractivity contribution is 0.317. The van der Waals surface area contributed by atoms with E-state index in [9.17, 15) is 0 Å². The Balaban J connectivity index is 3.40. The van der Waals surface area contributed by atoms with Gasteiger partial charge in [0.05, 0.1) is 0 Å². The molecule has 0 saturated carbocycles. The van der Waals surface area contributed by atoms with Crippen molar-refractivity contribution in [3.05, 3.63) is 12.2 Å². The zero-order chi connectivity index (χ0) is 6.41. The molecule has 0 aliphatic carbocycles. The van der Waals surface area contributed by atoms with Gasteiger partial charge in [-0.1, -0.05) is 17.3 Å². The van der Waals surface area contributed by atoms with Crippen LogP contribution < -0.4 is 5.73 Å². The molecule has 0 atom stereocenters. The summed E-state index contributed by atoms with van der Waals surface area (Å²) < 4.78 is 0. The van der Waals surface area contributed by atoms with Crippen LogP contribution in [-0.4, -0.2) is 11.0 Å². The van der Waals surface area contributed by atoms with Crippen LogP contribution in [0.1, 0.15) is 13.3 Å². The summed E-state index contributed by atoms with van der Waals surface area (Å²) in [6.07, 6.45) is 4.18. The third kappa shape index (κ3) is 3.21. The molecule has 0 aromatic rings. The Morgan fingerprint density at radius 1 is 1.88 bits per heavy atom. The summed E-state index contributed by atoms with van der Waals surface area (Å²) in [6, 6.07) is 0. The first-order valence-corrected chi connectivity index (χ1v) is 2.38. The fraction of sp³-hybridized carbons (Fsp3) is 0.400. The molecular weight excluding hydrogens is 104 g/mol. The Hall–Kier alpha value is -0.990. The molecule has 0 amide bonds. The van der Waals surface area contributed by atoms with Crippen molar-refractivity contribution >= 4 is 5.84 Å². The summed E-state index contributed by atoms with van der Waals surface area (Å²) in [5.41, 5.74) is 5.11. The van der Waals surface area contributed by atoms with Crippen molar-refractivity contribution in [2.45, 2.75) is 13.3 Å². The maximum absolute atomic E-state index is 7.99. The van der Waals surface area contributed by atoms with Crippen molar-refractivity contribution in [2.24, 2.45) is 10.9 Å². The smallest absolute Gasteiger partial charge is 0.142 e. The fourth-order valence-electron chi connectivity index (χ4n) is 0.279. The van der Waals surface area contributed by atoms with Crippen LogP contribution in [0, 0.1) is 0 Å². The summed E-state index contributed by atoms with van der Waals surface area (Å²) in [7, 11) is 0. The predicted molar refractivity (Wildman–Crippen MR) is 32.8 cm³/mol. The highest BCUT2D eigenvalue weighted by atomic mass is 16.4. The number of hydrogen-bond acceptors (Lipinski definition) is 2. The number of nitrogens with zero attached hydrogens (tertiary/aromatic N) is 1.